The monoisotopic (exact) mass is 308 g/mol. The lowest BCUT2D eigenvalue weighted by molar-refractivity contribution is 0.0696. The molecule has 2 aliphatic rings. The van der Waals surface area contributed by atoms with Gasteiger partial charge in [-0.05, 0) is 61.6 Å². The first-order valence-corrected chi connectivity index (χ1v) is 9.09. The van der Waals surface area contributed by atoms with Crippen LogP contribution in [0.5, 0.6) is 0 Å². The van der Waals surface area contributed by atoms with Crippen LogP contribution in [0.3, 0.4) is 0 Å². The predicted molar refractivity (Wildman–Crippen MR) is 79.1 cm³/mol. The Morgan fingerprint density at radius 3 is 2.62 bits per heavy atom. The molecule has 1 N–H and O–H groups in total. The third-order valence-electron chi connectivity index (χ3n) is 5.09. The van der Waals surface area contributed by atoms with E-state index < -0.39 is 15.8 Å². The van der Waals surface area contributed by atoms with Gasteiger partial charge in [-0.15, -0.1) is 0 Å². The van der Waals surface area contributed by atoms with Gasteiger partial charge in [-0.25, -0.2) is 13.2 Å². The van der Waals surface area contributed by atoms with Gasteiger partial charge < -0.3 is 5.11 Å². The second-order valence-electron chi connectivity index (χ2n) is 6.50. The van der Waals surface area contributed by atoms with Crippen LogP contribution < -0.4 is 0 Å². The number of benzene rings is 1. The normalized spacial score (nSPS) is 28.0. The predicted octanol–water partition coefficient (Wildman–Crippen LogP) is 2.90. The maximum Gasteiger partial charge on any atom is 0.335 e. The summed E-state index contributed by atoms with van der Waals surface area (Å²) in [5, 5.41) is 9.04. The summed E-state index contributed by atoms with van der Waals surface area (Å²) in [7, 11) is -3.42. The molecular formula is C16H20O4S. The highest BCUT2D eigenvalue weighted by atomic mass is 32.2. The van der Waals surface area contributed by atoms with Gasteiger partial charge in [-0.3, -0.25) is 0 Å². The van der Waals surface area contributed by atoms with E-state index >= 15 is 0 Å². The summed E-state index contributed by atoms with van der Waals surface area (Å²) in [6, 6.07) is 4.34. The summed E-state index contributed by atoms with van der Waals surface area (Å²) < 4.78 is 25.3. The van der Waals surface area contributed by atoms with Crippen LogP contribution in [0.15, 0.2) is 23.1 Å². The third kappa shape index (κ3) is 2.71. The van der Waals surface area contributed by atoms with E-state index in [0.29, 0.717) is 17.4 Å². The second kappa shape index (κ2) is 5.13. The van der Waals surface area contributed by atoms with Crippen molar-refractivity contribution in [2.45, 2.75) is 37.5 Å². The van der Waals surface area contributed by atoms with E-state index in [-0.39, 0.29) is 22.1 Å². The van der Waals surface area contributed by atoms with Crippen molar-refractivity contribution in [1.82, 2.24) is 0 Å². The molecule has 3 atom stereocenters. The molecule has 0 aromatic heterocycles. The molecule has 2 aliphatic carbocycles. The summed E-state index contributed by atoms with van der Waals surface area (Å²) in [5.74, 6) is 0.584. The van der Waals surface area contributed by atoms with Crippen LogP contribution in [0.4, 0.5) is 0 Å². The van der Waals surface area contributed by atoms with Crippen LogP contribution in [0, 0.1) is 24.7 Å². The quantitative estimate of drug-likeness (QED) is 0.928. The first kappa shape index (κ1) is 14.6. The van der Waals surface area contributed by atoms with Crippen LogP contribution in [0.25, 0.3) is 0 Å². The molecule has 2 saturated carbocycles. The number of sulfone groups is 1. The molecule has 3 unspecified atom stereocenters. The maximum atomic E-state index is 12.7. The van der Waals surface area contributed by atoms with Crippen molar-refractivity contribution in [3.63, 3.8) is 0 Å². The van der Waals surface area contributed by atoms with Gasteiger partial charge in [0.25, 0.3) is 0 Å². The molecular weight excluding hydrogens is 288 g/mol. The summed E-state index contributed by atoms with van der Waals surface area (Å²) in [6.07, 6.45) is 4.59. The molecule has 1 aromatic carbocycles. The molecule has 4 nitrogen and oxygen atoms in total. The van der Waals surface area contributed by atoms with E-state index in [1.165, 1.54) is 25.0 Å². The van der Waals surface area contributed by atoms with Gasteiger partial charge in [0.1, 0.15) is 0 Å². The van der Waals surface area contributed by atoms with E-state index in [1.807, 2.05) is 0 Å². The zero-order valence-corrected chi connectivity index (χ0v) is 12.9. The molecule has 0 heterocycles. The molecule has 2 fully saturated rings. The molecule has 1 aromatic rings. The number of rotatable bonds is 4. The summed E-state index contributed by atoms with van der Waals surface area (Å²) >= 11 is 0. The molecule has 0 radical (unpaired) electrons. The average molecular weight is 308 g/mol. The summed E-state index contributed by atoms with van der Waals surface area (Å²) in [5.41, 5.74) is 0.662. The molecule has 0 spiro atoms. The molecule has 2 bridgehead atoms. The van der Waals surface area contributed by atoms with Crippen molar-refractivity contribution < 1.29 is 18.3 Å². The fourth-order valence-corrected chi connectivity index (χ4v) is 6.04. The number of carboxylic acid groups (broad SMARTS) is 1. The summed E-state index contributed by atoms with van der Waals surface area (Å²) in [4.78, 5) is 11.2. The van der Waals surface area contributed by atoms with Crippen molar-refractivity contribution in [2.24, 2.45) is 17.8 Å². The molecule has 114 valence electrons. The lowest BCUT2D eigenvalue weighted by atomic mass is 9.90. The number of carbonyl (C=O) groups is 1. The molecule has 3 rings (SSSR count). The Balaban J connectivity index is 1.88. The minimum absolute atomic E-state index is 0.0344. The Bertz CT molecular complexity index is 678. The fraction of sp³-hybridized carbons (Fsp3) is 0.562. The number of hydrogen-bond acceptors (Lipinski definition) is 3. The van der Waals surface area contributed by atoms with Crippen molar-refractivity contribution in [3.05, 3.63) is 29.3 Å². The summed E-state index contributed by atoms with van der Waals surface area (Å²) in [6.45, 7) is 1.72. The van der Waals surface area contributed by atoms with E-state index in [2.05, 4.69) is 0 Å². The van der Waals surface area contributed by atoms with Crippen molar-refractivity contribution in [1.29, 1.82) is 0 Å². The Hall–Kier alpha value is -1.36. The lowest BCUT2D eigenvalue weighted by Crippen LogP contribution is -2.22. The van der Waals surface area contributed by atoms with Gasteiger partial charge >= 0.3 is 5.97 Å². The van der Waals surface area contributed by atoms with E-state index in [4.69, 9.17) is 5.11 Å². The number of aromatic carboxylic acids is 1. The van der Waals surface area contributed by atoms with Gasteiger partial charge in [0.05, 0.1) is 16.2 Å². The Morgan fingerprint density at radius 1 is 1.29 bits per heavy atom. The highest BCUT2D eigenvalue weighted by Gasteiger charge is 2.41. The Morgan fingerprint density at radius 2 is 2.05 bits per heavy atom. The van der Waals surface area contributed by atoms with Crippen LogP contribution in [-0.2, 0) is 9.84 Å². The first-order valence-electron chi connectivity index (χ1n) is 7.43. The fourth-order valence-electron chi connectivity index (χ4n) is 4.02. The molecule has 0 aliphatic heterocycles. The molecule has 0 saturated heterocycles. The first-order chi connectivity index (χ1) is 9.87. The van der Waals surface area contributed by atoms with Gasteiger partial charge in [-0.2, -0.15) is 0 Å². The van der Waals surface area contributed by atoms with Gasteiger partial charge in [0, 0.05) is 0 Å². The third-order valence-corrected chi connectivity index (χ3v) is 7.07. The van der Waals surface area contributed by atoms with E-state index in [0.717, 1.165) is 12.8 Å². The largest absolute Gasteiger partial charge is 0.478 e. The van der Waals surface area contributed by atoms with E-state index in [1.54, 1.807) is 13.0 Å². The van der Waals surface area contributed by atoms with Crippen molar-refractivity contribution in [3.8, 4) is 0 Å². The smallest absolute Gasteiger partial charge is 0.335 e. The van der Waals surface area contributed by atoms with Crippen molar-refractivity contribution >= 4 is 15.8 Å². The average Bonchev–Trinajstić information content (AvgIpc) is 3.00. The van der Waals surface area contributed by atoms with Gasteiger partial charge in [0.2, 0.25) is 0 Å². The molecule has 21 heavy (non-hydrogen) atoms. The lowest BCUT2D eigenvalue weighted by Gasteiger charge is -2.21. The van der Waals surface area contributed by atoms with Crippen LogP contribution in [0.2, 0.25) is 0 Å². The number of carboxylic acids is 1. The standard InChI is InChI=1S/C16H20O4S/c1-10-2-4-13(16(17)18)8-15(10)21(19,20)9-14-7-11-3-5-12(14)6-11/h2,4,8,11-12,14H,3,5-7,9H2,1H3,(H,17,18). The highest BCUT2D eigenvalue weighted by Crippen LogP contribution is 2.49. The Kier molecular flexibility index (Phi) is 3.56. The zero-order valence-electron chi connectivity index (χ0n) is 12.1. The second-order valence-corrected chi connectivity index (χ2v) is 8.50. The van der Waals surface area contributed by atoms with Crippen LogP contribution >= 0.6 is 0 Å². The molecule has 5 heteroatoms. The van der Waals surface area contributed by atoms with E-state index in [9.17, 15) is 13.2 Å². The zero-order chi connectivity index (χ0) is 15.2. The number of hydrogen-bond donors (Lipinski definition) is 1. The number of fused-ring (bicyclic) bond motifs is 2. The minimum Gasteiger partial charge on any atom is -0.478 e. The van der Waals surface area contributed by atoms with Crippen LogP contribution in [-0.4, -0.2) is 25.2 Å². The SMILES string of the molecule is Cc1ccc(C(=O)O)cc1S(=O)(=O)CC1CC2CCC1C2. The van der Waals surface area contributed by atoms with Gasteiger partial charge in [0.15, 0.2) is 9.84 Å². The maximum absolute atomic E-state index is 12.7. The van der Waals surface area contributed by atoms with Crippen LogP contribution in [0.1, 0.15) is 41.6 Å². The van der Waals surface area contributed by atoms with Crippen molar-refractivity contribution in [2.75, 3.05) is 5.75 Å². The topological polar surface area (TPSA) is 71.4 Å². The highest BCUT2D eigenvalue weighted by molar-refractivity contribution is 7.91. The number of aryl methyl sites for hydroxylation is 1. The Labute approximate surface area is 125 Å². The minimum atomic E-state index is -3.42. The molecule has 0 amide bonds. The van der Waals surface area contributed by atoms with Gasteiger partial charge in [-0.1, -0.05) is 12.5 Å².